The predicted octanol–water partition coefficient (Wildman–Crippen LogP) is 4.55. The number of halogens is 1. The van der Waals surface area contributed by atoms with E-state index in [-0.39, 0.29) is 0 Å². The Hall–Kier alpha value is -2.46. The van der Waals surface area contributed by atoms with Crippen molar-refractivity contribution in [2.45, 2.75) is 20.3 Å². The lowest BCUT2D eigenvalue weighted by Crippen LogP contribution is -1.98. The summed E-state index contributed by atoms with van der Waals surface area (Å²) < 4.78 is 1.79. The molecule has 5 heteroatoms. The van der Waals surface area contributed by atoms with Crippen LogP contribution in [0.15, 0.2) is 54.9 Å². The molecule has 1 aromatic carbocycles. The van der Waals surface area contributed by atoms with E-state index in [4.69, 9.17) is 11.6 Å². The predicted molar refractivity (Wildman–Crippen MR) is 93.9 cm³/mol. The maximum absolute atomic E-state index is 5.96. The Morgan fingerprint density at radius 3 is 2.78 bits per heavy atom. The van der Waals surface area contributed by atoms with E-state index < -0.39 is 0 Å². The molecule has 0 unspecified atom stereocenters. The zero-order valence-electron chi connectivity index (χ0n) is 13.1. The van der Waals surface area contributed by atoms with Gasteiger partial charge in [-0.25, -0.2) is 9.50 Å². The third-order valence-electron chi connectivity index (χ3n) is 3.45. The summed E-state index contributed by atoms with van der Waals surface area (Å²) in [5.74, 6) is 0. The maximum atomic E-state index is 5.96. The largest absolute Gasteiger partial charge is 0.256 e. The van der Waals surface area contributed by atoms with Gasteiger partial charge in [0, 0.05) is 18.0 Å². The van der Waals surface area contributed by atoms with E-state index in [2.05, 4.69) is 33.3 Å². The summed E-state index contributed by atoms with van der Waals surface area (Å²) in [6.45, 7) is 4.00. The van der Waals surface area contributed by atoms with Crippen LogP contribution in [0.25, 0.3) is 16.6 Å². The molecule has 0 spiro atoms. The summed E-state index contributed by atoms with van der Waals surface area (Å²) in [6, 6.07) is 13.9. The van der Waals surface area contributed by atoms with Crippen LogP contribution in [0.1, 0.15) is 25.1 Å². The molecule has 23 heavy (non-hydrogen) atoms. The Balaban J connectivity index is 0.000000753. The van der Waals surface area contributed by atoms with E-state index in [0.717, 1.165) is 28.7 Å². The van der Waals surface area contributed by atoms with Gasteiger partial charge in [-0.05, 0) is 35.9 Å². The van der Waals surface area contributed by atoms with Crippen molar-refractivity contribution >= 4 is 28.2 Å². The summed E-state index contributed by atoms with van der Waals surface area (Å²) in [4.78, 5) is 8.68. The molecule has 0 saturated carbocycles. The van der Waals surface area contributed by atoms with Crippen LogP contribution in [-0.4, -0.2) is 19.6 Å². The summed E-state index contributed by atoms with van der Waals surface area (Å²) >= 11 is 5.96. The smallest absolute Gasteiger partial charge is 0.153 e. The fourth-order valence-electron chi connectivity index (χ4n) is 2.46. The second-order valence-corrected chi connectivity index (χ2v) is 5.27. The van der Waals surface area contributed by atoms with Gasteiger partial charge in [0.15, 0.2) is 5.65 Å². The third kappa shape index (κ3) is 3.17. The van der Waals surface area contributed by atoms with Crippen LogP contribution < -0.4 is 0 Å². The molecule has 0 fully saturated rings. The second kappa shape index (κ2) is 6.75. The topological polar surface area (TPSA) is 43.1 Å². The molecule has 4 nitrogen and oxygen atoms in total. The molecule has 0 aliphatic heterocycles. The van der Waals surface area contributed by atoms with Crippen LogP contribution in [0.5, 0.6) is 0 Å². The van der Waals surface area contributed by atoms with Crippen molar-refractivity contribution in [2.75, 3.05) is 0 Å². The Bertz CT molecular complexity index is 946. The molecule has 0 aliphatic carbocycles. The number of nitrogens with zero attached hydrogens (tertiary/aromatic N) is 4. The highest BCUT2D eigenvalue weighted by molar-refractivity contribution is 6.29. The van der Waals surface area contributed by atoms with E-state index in [1.165, 1.54) is 5.56 Å². The number of aromatic nitrogens is 4. The summed E-state index contributed by atoms with van der Waals surface area (Å²) in [6.07, 6.45) is 4.39. The number of rotatable bonds is 2. The normalized spacial score (nSPS) is 10.6. The SMILES string of the molecule is CC.Clc1ccc2ncc(Cc3ccc4ncccc4c3)n2n1. The highest BCUT2D eigenvalue weighted by atomic mass is 35.5. The minimum atomic E-state index is 0.462. The number of hydrogen-bond donors (Lipinski definition) is 0. The average molecular weight is 325 g/mol. The van der Waals surface area contributed by atoms with Crippen molar-refractivity contribution in [3.63, 3.8) is 0 Å². The van der Waals surface area contributed by atoms with E-state index in [1.807, 2.05) is 38.2 Å². The standard InChI is InChI=1S/C16H11ClN4.C2H6/c17-15-5-6-16-19-10-13(21(16)20-15)9-11-3-4-14-12(8-11)2-1-7-18-14;1-2/h1-8,10H,9H2;1-2H3. The van der Waals surface area contributed by atoms with Crippen LogP contribution in [0.2, 0.25) is 5.15 Å². The van der Waals surface area contributed by atoms with Crippen molar-refractivity contribution in [1.82, 2.24) is 19.6 Å². The van der Waals surface area contributed by atoms with Crippen molar-refractivity contribution in [3.05, 3.63) is 71.3 Å². The van der Waals surface area contributed by atoms with Gasteiger partial charge in [-0.2, -0.15) is 5.10 Å². The first-order chi connectivity index (χ1) is 11.3. The highest BCUT2D eigenvalue weighted by Crippen LogP contribution is 2.17. The van der Waals surface area contributed by atoms with E-state index in [1.54, 1.807) is 16.8 Å². The maximum Gasteiger partial charge on any atom is 0.153 e. The Labute approximate surface area is 139 Å². The monoisotopic (exact) mass is 324 g/mol. The number of fused-ring (bicyclic) bond motifs is 2. The molecule has 0 bridgehead atoms. The molecule has 4 rings (SSSR count). The van der Waals surface area contributed by atoms with E-state index in [0.29, 0.717) is 5.15 Å². The van der Waals surface area contributed by atoms with Gasteiger partial charge in [0.25, 0.3) is 0 Å². The van der Waals surface area contributed by atoms with Crippen LogP contribution in [0, 0.1) is 0 Å². The molecule has 0 aliphatic rings. The quantitative estimate of drug-likeness (QED) is 0.543. The highest BCUT2D eigenvalue weighted by Gasteiger charge is 2.07. The van der Waals surface area contributed by atoms with Crippen molar-refractivity contribution < 1.29 is 0 Å². The summed E-state index contributed by atoms with van der Waals surface area (Å²) in [7, 11) is 0. The minimum Gasteiger partial charge on any atom is -0.256 e. The third-order valence-corrected chi connectivity index (χ3v) is 3.65. The number of benzene rings is 1. The van der Waals surface area contributed by atoms with Crippen LogP contribution in [-0.2, 0) is 6.42 Å². The van der Waals surface area contributed by atoms with Gasteiger partial charge in [0.2, 0.25) is 0 Å². The van der Waals surface area contributed by atoms with Gasteiger partial charge in [0.1, 0.15) is 5.15 Å². The fraction of sp³-hybridized carbons (Fsp3) is 0.167. The van der Waals surface area contributed by atoms with Crippen LogP contribution in [0.4, 0.5) is 0 Å². The molecule has 4 aromatic rings. The van der Waals surface area contributed by atoms with Crippen molar-refractivity contribution in [2.24, 2.45) is 0 Å². The second-order valence-electron chi connectivity index (χ2n) is 4.88. The van der Waals surface area contributed by atoms with Crippen molar-refractivity contribution in [3.8, 4) is 0 Å². The lowest BCUT2D eigenvalue weighted by atomic mass is 10.1. The molecule has 116 valence electrons. The van der Waals surface area contributed by atoms with Gasteiger partial charge in [-0.15, -0.1) is 0 Å². The Morgan fingerprint density at radius 2 is 1.91 bits per heavy atom. The first-order valence-electron chi connectivity index (χ1n) is 7.62. The molecule has 0 atom stereocenters. The first-order valence-corrected chi connectivity index (χ1v) is 8.00. The number of hydrogen-bond acceptors (Lipinski definition) is 3. The molecule has 3 aromatic heterocycles. The van der Waals surface area contributed by atoms with Gasteiger partial charge >= 0.3 is 0 Å². The lowest BCUT2D eigenvalue weighted by molar-refractivity contribution is 0.872. The molecule has 0 amide bonds. The fourth-order valence-corrected chi connectivity index (χ4v) is 2.60. The van der Waals surface area contributed by atoms with Crippen LogP contribution in [0.3, 0.4) is 0 Å². The minimum absolute atomic E-state index is 0.462. The van der Waals surface area contributed by atoms with Crippen molar-refractivity contribution in [1.29, 1.82) is 0 Å². The molecular formula is C18H17ClN4. The first kappa shape index (κ1) is 15.4. The molecule has 0 saturated heterocycles. The summed E-state index contributed by atoms with van der Waals surface area (Å²) in [5, 5.41) is 5.90. The van der Waals surface area contributed by atoms with Crippen LogP contribution >= 0.6 is 11.6 Å². The average Bonchev–Trinajstić information content (AvgIpc) is 2.99. The van der Waals surface area contributed by atoms with E-state index >= 15 is 0 Å². The summed E-state index contributed by atoms with van der Waals surface area (Å²) in [5.41, 5.74) is 4.01. The van der Waals surface area contributed by atoms with Gasteiger partial charge in [0.05, 0.1) is 17.4 Å². The number of pyridine rings is 1. The Kier molecular flexibility index (Phi) is 4.53. The van der Waals surface area contributed by atoms with Gasteiger partial charge < -0.3 is 0 Å². The molecule has 0 N–H and O–H groups in total. The Morgan fingerprint density at radius 1 is 1.04 bits per heavy atom. The van der Waals surface area contributed by atoms with Gasteiger partial charge in [-0.3, -0.25) is 4.98 Å². The molecule has 3 heterocycles. The van der Waals surface area contributed by atoms with E-state index in [9.17, 15) is 0 Å². The molecule has 0 radical (unpaired) electrons. The number of imidazole rings is 1. The van der Waals surface area contributed by atoms with Gasteiger partial charge in [-0.1, -0.05) is 37.6 Å². The zero-order valence-corrected chi connectivity index (χ0v) is 13.8. The lowest BCUT2D eigenvalue weighted by Gasteiger charge is -2.03. The molecular weight excluding hydrogens is 308 g/mol. The zero-order chi connectivity index (χ0) is 16.2.